The Morgan fingerprint density at radius 1 is 1.68 bits per heavy atom. The van der Waals surface area contributed by atoms with Crippen LogP contribution < -0.4 is 0 Å². The highest BCUT2D eigenvalue weighted by molar-refractivity contribution is 7.46. The van der Waals surface area contributed by atoms with E-state index in [9.17, 15) is 4.57 Å². The van der Waals surface area contributed by atoms with E-state index in [1.165, 1.54) is 29.0 Å². The molecular formula is C9H14N5O4P. The van der Waals surface area contributed by atoms with Crippen molar-refractivity contribution in [3.8, 4) is 0 Å². The van der Waals surface area contributed by atoms with Gasteiger partial charge >= 0.3 is 7.82 Å². The van der Waals surface area contributed by atoms with Gasteiger partial charge in [0.05, 0.1) is 18.1 Å². The largest absolute Gasteiger partial charge is 0.471 e. The molecule has 0 saturated carbocycles. The zero-order chi connectivity index (χ0) is 14.5. The molecule has 104 valence electrons. The van der Waals surface area contributed by atoms with Crippen LogP contribution in [0.1, 0.15) is 0 Å². The fourth-order valence-corrected chi connectivity index (χ4v) is 1.47. The van der Waals surface area contributed by atoms with Gasteiger partial charge in [0.1, 0.15) is 6.73 Å². The summed E-state index contributed by atoms with van der Waals surface area (Å²) in [6.07, 6.45) is 4.32. The van der Waals surface area contributed by atoms with E-state index in [1.807, 2.05) is 0 Å². The predicted molar refractivity (Wildman–Crippen MR) is 68.0 cm³/mol. The minimum absolute atomic E-state index is 0.302. The normalized spacial score (nSPS) is 12.3. The van der Waals surface area contributed by atoms with Crippen molar-refractivity contribution in [2.24, 2.45) is 4.99 Å². The van der Waals surface area contributed by atoms with Gasteiger partial charge in [0.15, 0.2) is 5.84 Å². The molecule has 2 N–H and O–H groups in total. The second-order valence-electron chi connectivity index (χ2n) is 3.24. The fourth-order valence-electron chi connectivity index (χ4n) is 1.19. The zero-order valence-corrected chi connectivity index (χ0v) is 11.1. The molecule has 0 aromatic carbocycles. The summed E-state index contributed by atoms with van der Waals surface area (Å²) < 4.78 is 16.4. The molecule has 0 fully saturated rings. The third kappa shape index (κ3) is 4.42. The summed E-state index contributed by atoms with van der Waals surface area (Å²) in [6.45, 7) is 6.85. The zero-order valence-electron chi connectivity index (χ0n) is 10.2. The van der Waals surface area contributed by atoms with Crippen molar-refractivity contribution in [1.29, 1.82) is 0 Å². The van der Waals surface area contributed by atoms with Crippen LogP contribution in [0.2, 0.25) is 0 Å². The molecule has 10 heteroatoms. The van der Waals surface area contributed by atoms with Crippen molar-refractivity contribution in [2.75, 3.05) is 13.8 Å². The molecule has 0 spiro atoms. The molecule has 1 heterocycles. The van der Waals surface area contributed by atoms with Crippen molar-refractivity contribution in [3.05, 3.63) is 37.4 Å². The van der Waals surface area contributed by atoms with Crippen LogP contribution in [0, 0.1) is 0 Å². The fraction of sp³-hybridized carbons (Fsp3) is 0.222. The van der Waals surface area contributed by atoms with Crippen LogP contribution in [-0.2, 0) is 9.09 Å². The van der Waals surface area contributed by atoms with Crippen LogP contribution in [-0.4, -0.2) is 49.3 Å². The van der Waals surface area contributed by atoms with Crippen LogP contribution in [0.4, 0.5) is 0 Å². The molecule has 0 saturated heterocycles. The highest BCUT2D eigenvalue weighted by Gasteiger charge is 2.19. The van der Waals surface area contributed by atoms with Gasteiger partial charge in [-0.2, -0.15) is 0 Å². The van der Waals surface area contributed by atoms with Gasteiger partial charge in [0.25, 0.3) is 0 Å². The standard InChI is InChI=1S/C9H14N5O4P/c1-4-13(7-18-19(15,16)17)8(2)9(10-3)14-6-5-11-12-14/h4-6H,1-2,7H2,3H3,(H2,15,16,17). The number of allylic oxidation sites excluding steroid dienone is 1. The van der Waals surface area contributed by atoms with Crippen LogP contribution in [0.5, 0.6) is 0 Å². The molecule has 0 aliphatic rings. The number of phosphoric ester groups is 1. The van der Waals surface area contributed by atoms with Crippen LogP contribution >= 0.6 is 7.82 Å². The summed E-state index contributed by atoms with van der Waals surface area (Å²) in [7, 11) is -3.06. The Bertz CT molecular complexity index is 521. The van der Waals surface area contributed by atoms with Gasteiger partial charge < -0.3 is 14.7 Å². The third-order valence-corrected chi connectivity index (χ3v) is 2.49. The van der Waals surface area contributed by atoms with Gasteiger partial charge in [-0.05, 0) is 6.20 Å². The molecule has 0 aliphatic heterocycles. The Hall–Kier alpha value is -1.80. The Labute approximate surface area is 109 Å². The van der Waals surface area contributed by atoms with E-state index in [0.717, 1.165) is 0 Å². The predicted octanol–water partition coefficient (Wildman–Crippen LogP) is 0.180. The van der Waals surface area contributed by atoms with Crippen LogP contribution in [0.25, 0.3) is 0 Å². The lowest BCUT2D eigenvalue weighted by atomic mass is 10.4. The summed E-state index contributed by atoms with van der Waals surface area (Å²) in [4.78, 5) is 22.6. The highest BCUT2D eigenvalue weighted by atomic mass is 31.2. The summed E-state index contributed by atoms with van der Waals surface area (Å²) in [5.74, 6) is 0.340. The van der Waals surface area contributed by atoms with Crippen molar-refractivity contribution < 1.29 is 18.9 Å². The maximum absolute atomic E-state index is 10.7. The minimum Gasteiger partial charge on any atom is -0.322 e. The topological polar surface area (TPSA) is 113 Å². The number of aromatic nitrogens is 3. The smallest absolute Gasteiger partial charge is 0.322 e. The quantitative estimate of drug-likeness (QED) is 0.332. The SMILES string of the molecule is C=CN(COP(=O)(O)O)C(=C)C(=NC)n1ccnn1. The second-order valence-corrected chi connectivity index (χ2v) is 4.48. The van der Waals surface area contributed by atoms with E-state index in [1.54, 1.807) is 6.20 Å². The average Bonchev–Trinajstić information content (AvgIpc) is 2.83. The molecule has 0 radical (unpaired) electrons. The molecule has 0 bridgehead atoms. The monoisotopic (exact) mass is 287 g/mol. The van der Waals surface area contributed by atoms with E-state index in [2.05, 4.69) is 33.0 Å². The number of rotatable bonds is 6. The van der Waals surface area contributed by atoms with Gasteiger partial charge in [-0.15, -0.1) is 5.10 Å². The second kappa shape index (κ2) is 6.39. The first-order chi connectivity index (χ1) is 8.89. The Balaban J connectivity index is 2.84. The summed E-state index contributed by atoms with van der Waals surface area (Å²) in [5, 5.41) is 7.39. The van der Waals surface area contributed by atoms with Gasteiger partial charge in [-0.1, -0.05) is 18.4 Å². The maximum Gasteiger partial charge on any atom is 0.471 e. The lowest BCUT2D eigenvalue weighted by molar-refractivity contribution is 0.143. The van der Waals surface area contributed by atoms with E-state index in [0.29, 0.717) is 11.5 Å². The summed E-state index contributed by atoms with van der Waals surface area (Å²) in [6, 6.07) is 0. The number of hydrogen-bond donors (Lipinski definition) is 2. The van der Waals surface area contributed by atoms with Crippen LogP contribution in [0.15, 0.2) is 42.4 Å². The average molecular weight is 287 g/mol. The van der Waals surface area contributed by atoms with Crippen molar-refractivity contribution >= 4 is 13.7 Å². The molecule has 1 aromatic rings. The Morgan fingerprint density at radius 3 is 2.79 bits per heavy atom. The number of aliphatic imine (C=N–C) groups is 1. The molecule has 19 heavy (non-hydrogen) atoms. The van der Waals surface area contributed by atoms with Crippen LogP contribution in [0.3, 0.4) is 0 Å². The van der Waals surface area contributed by atoms with Gasteiger partial charge in [-0.25, -0.2) is 9.25 Å². The van der Waals surface area contributed by atoms with E-state index < -0.39 is 14.6 Å². The highest BCUT2D eigenvalue weighted by Crippen LogP contribution is 2.36. The minimum atomic E-state index is -4.58. The van der Waals surface area contributed by atoms with Gasteiger partial charge in [0, 0.05) is 7.05 Å². The number of hydrogen-bond acceptors (Lipinski definition) is 6. The first-order valence-electron chi connectivity index (χ1n) is 5.01. The van der Waals surface area contributed by atoms with Gasteiger partial charge in [-0.3, -0.25) is 9.52 Å². The number of nitrogens with zero attached hydrogens (tertiary/aromatic N) is 5. The Morgan fingerprint density at radius 2 is 2.37 bits per heavy atom. The van der Waals surface area contributed by atoms with E-state index in [-0.39, 0.29) is 0 Å². The summed E-state index contributed by atoms with van der Waals surface area (Å²) >= 11 is 0. The van der Waals surface area contributed by atoms with Crippen molar-refractivity contribution in [2.45, 2.75) is 0 Å². The Kier molecular flexibility index (Phi) is 5.13. The first-order valence-corrected chi connectivity index (χ1v) is 6.54. The van der Waals surface area contributed by atoms with E-state index in [4.69, 9.17) is 9.79 Å². The molecule has 9 nitrogen and oxygen atoms in total. The lowest BCUT2D eigenvalue weighted by Crippen LogP contribution is -2.28. The molecule has 1 aromatic heterocycles. The van der Waals surface area contributed by atoms with E-state index >= 15 is 0 Å². The third-order valence-electron chi connectivity index (χ3n) is 2.04. The molecule has 0 aliphatic carbocycles. The van der Waals surface area contributed by atoms with Gasteiger partial charge in [0.2, 0.25) is 0 Å². The summed E-state index contributed by atoms with van der Waals surface area (Å²) in [5.41, 5.74) is 0.302. The first kappa shape index (κ1) is 15.3. The van der Waals surface area contributed by atoms with Crippen molar-refractivity contribution in [1.82, 2.24) is 19.9 Å². The number of phosphoric acid groups is 1. The molecular weight excluding hydrogens is 273 g/mol. The molecule has 0 amide bonds. The van der Waals surface area contributed by atoms with Crippen molar-refractivity contribution in [3.63, 3.8) is 0 Å². The lowest BCUT2D eigenvalue weighted by Gasteiger charge is -2.22. The maximum atomic E-state index is 10.7. The molecule has 0 unspecified atom stereocenters. The molecule has 1 rings (SSSR count). The molecule has 0 atom stereocenters.